The zero-order valence-electron chi connectivity index (χ0n) is 15.4. The van der Waals surface area contributed by atoms with Gasteiger partial charge in [0.05, 0.1) is 0 Å². The van der Waals surface area contributed by atoms with Gasteiger partial charge >= 0.3 is 0 Å². The first-order chi connectivity index (χ1) is 13.2. The highest BCUT2D eigenvalue weighted by Gasteiger charge is 2.15. The topological polar surface area (TPSA) is 62.3 Å². The molecular weight excluding hydrogens is 358 g/mol. The monoisotopic (exact) mass is 383 g/mol. The van der Waals surface area contributed by atoms with E-state index in [1.54, 1.807) is 6.08 Å². The minimum absolute atomic E-state index is 0.421. The summed E-state index contributed by atoms with van der Waals surface area (Å²) in [5.41, 5.74) is 0. The highest BCUT2D eigenvalue weighted by Crippen LogP contribution is 2.26. The molecule has 0 bridgehead atoms. The lowest BCUT2D eigenvalue weighted by molar-refractivity contribution is 0.462. The van der Waals surface area contributed by atoms with E-state index in [1.807, 2.05) is 36.4 Å². The van der Waals surface area contributed by atoms with Crippen molar-refractivity contribution in [3.8, 4) is 11.6 Å². The zero-order chi connectivity index (χ0) is 18.9. The predicted octanol–water partition coefficient (Wildman–Crippen LogP) is 4.12. The van der Waals surface area contributed by atoms with Gasteiger partial charge in [-0.05, 0) is 37.2 Å². The van der Waals surface area contributed by atoms with Gasteiger partial charge in [0.15, 0.2) is 5.11 Å². The molecular formula is C20H25N5OS. The van der Waals surface area contributed by atoms with Crippen LogP contribution in [0.15, 0.2) is 49.1 Å². The Labute approximate surface area is 165 Å². The quantitative estimate of drug-likeness (QED) is 0.575. The molecule has 1 aromatic heterocycles. The van der Waals surface area contributed by atoms with Crippen molar-refractivity contribution in [2.75, 3.05) is 29.9 Å². The first-order valence-electron chi connectivity index (χ1n) is 9.27. The van der Waals surface area contributed by atoms with Gasteiger partial charge in [0.25, 0.3) is 0 Å². The van der Waals surface area contributed by atoms with Crippen LogP contribution in [-0.4, -0.2) is 34.7 Å². The smallest absolute Gasteiger partial charge is 0.234 e. The van der Waals surface area contributed by atoms with Crippen molar-refractivity contribution in [2.45, 2.75) is 25.7 Å². The second-order valence-electron chi connectivity index (χ2n) is 6.33. The van der Waals surface area contributed by atoms with Gasteiger partial charge in [0, 0.05) is 25.7 Å². The molecule has 1 aliphatic heterocycles. The fourth-order valence-electron chi connectivity index (χ4n) is 2.90. The molecule has 0 aliphatic carbocycles. The Hall–Kier alpha value is -2.67. The van der Waals surface area contributed by atoms with Crippen LogP contribution >= 0.6 is 12.2 Å². The molecule has 1 aliphatic rings. The normalized spacial score (nSPS) is 14.1. The minimum atomic E-state index is 0.421. The first kappa shape index (κ1) is 19.1. The zero-order valence-corrected chi connectivity index (χ0v) is 16.2. The van der Waals surface area contributed by atoms with Crippen molar-refractivity contribution in [3.63, 3.8) is 0 Å². The molecule has 3 rings (SSSR count). The number of hydrogen-bond acceptors (Lipinski definition) is 5. The van der Waals surface area contributed by atoms with Crippen LogP contribution < -0.4 is 20.3 Å². The number of hydrogen-bond donors (Lipinski definition) is 2. The van der Waals surface area contributed by atoms with Crippen molar-refractivity contribution < 1.29 is 4.74 Å². The molecule has 27 heavy (non-hydrogen) atoms. The van der Waals surface area contributed by atoms with E-state index in [0.29, 0.717) is 23.5 Å². The van der Waals surface area contributed by atoms with E-state index in [0.717, 1.165) is 24.7 Å². The van der Waals surface area contributed by atoms with Crippen molar-refractivity contribution in [3.05, 3.63) is 49.1 Å². The molecule has 0 amide bonds. The van der Waals surface area contributed by atoms with Crippen molar-refractivity contribution in [1.82, 2.24) is 15.3 Å². The van der Waals surface area contributed by atoms with Crippen molar-refractivity contribution in [1.29, 1.82) is 0 Å². The summed E-state index contributed by atoms with van der Waals surface area (Å²) < 4.78 is 5.95. The Kier molecular flexibility index (Phi) is 6.98. The van der Waals surface area contributed by atoms with Gasteiger partial charge in [-0.1, -0.05) is 37.1 Å². The van der Waals surface area contributed by atoms with Crippen LogP contribution in [0, 0.1) is 0 Å². The summed E-state index contributed by atoms with van der Waals surface area (Å²) in [6.45, 7) is 6.22. The second-order valence-corrected chi connectivity index (χ2v) is 6.74. The van der Waals surface area contributed by atoms with E-state index in [-0.39, 0.29) is 0 Å². The molecule has 0 spiro atoms. The maximum atomic E-state index is 5.95. The Morgan fingerprint density at radius 2 is 1.89 bits per heavy atom. The number of benzene rings is 1. The van der Waals surface area contributed by atoms with Crippen LogP contribution in [0.4, 0.5) is 11.8 Å². The second kappa shape index (κ2) is 9.87. The molecule has 2 N–H and O–H groups in total. The summed E-state index contributed by atoms with van der Waals surface area (Å²) >= 11 is 5.29. The highest BCUT2D eigenvalue weighted by atomic mass is 32.1. The highest BCUT2D eigenvalue weighted by molar-refractivity contribution is 7.80. The third kappa shape index (κ3) is 5.92. The average Bonchev–Trinajstić information content (AvgIpc) is 2.96. The summed E-state index contributed by atoms with van der Waals surface area (Å²) in [6.07, 6.45) is 6.60. The lowest BCUT2D eigenvalue weighted by atomic mass is 10.2. The van der Waals surface area contributed by atoms with E-state index >= 15 is 0 Å². The molecule has 7 heteroatoms. The fraction of sp³-hybridized carbons (Fsp3) is 0.350. The summed E-state index contributed by atoms with van der Waals surface area (Å²) in [4.78, 5) is 11.4. The first-order valence-corrected chi connectivity index (χ1v) is 9.68. The van der Waals surface area contributed by atoms with E-state index in [2.05, 4.69) is 32.1 Å². The molecule has 6 nitrogen and oxygen atoms in total. The van der Waals surface area contributed by atoms with Gasteiger partial charge in [0.2, 0.25) is 11.8 Å². The van der Waals surface area contributed by atoms with Gasteiger partial charge in [-0.3, -0.25) is 0 Å². The predicted molar refractivity (Wildman–Crippen MR) is 114 cm³/mol. The van der Waals surface area contributed by atoms with Crippen LogP contribution in [0.25, 0.3) is 0 Å². The number of nitrogens with zero attached hydrogens (tertiary/aromatic N) is 3. The molecule has 0 radical (unpaired) electrons. The summed E-state index contributed by atoms with van der Waals surface area (Å²) in [5, 5.41) is 6.52. The maximum Gasteiger partial charge on any atom is 0.234 e. The maximum absolute atomic E-state index is 5.95. The third-order valence-electron chi connectivity index (χ3n) is 4.22. The van der Waals surface area contributed by atoms with Gasteiger partial charge in [-0.2, -0.15) is 9.97 Å². The van der Waals surface area contributed by atoms with Crippen LogP contribution in [0.3, 0.4) is 0 Å². The minimum Gasteiger partial charge on any atom is -0.439 e. The SMILES string of the molecule is C=CCNC(=S)Nc1nc(Oc2ccccc2)cc(N2CCCCCC2)n1. The van der Waals surface area contributed by atoms with E-state index in [1.165, 1.54) is 25.7 Å². The number of thiocarbonyl (C=S) groups is 1. The molecule has 1 fully saturated rings. The number of aromatic nitrogens is 2. The molecule has 0 unspecified atom stereocenters. The summed E-state index contributed by atoms with van der Waals surface area (Å²) in [6, 6.07) is 11.5. The number of rotatable bonds is 6. The van der Waals surface area contributed by atoms with Crippen molar-refractivity contribution >= 4 is 29.1 Å². The molecule has 1 aromatic carbocycles. The number of para-hydroxylation sites is 1. The summed E-state index contributed by atoms with van der Waals surface area (Å²) in [7, 11) is 0. The standard InChI is InChI=1S/C20H25N5OS/c1-2-12-21-20(27)24-19-22-17(25-13-8-3-4-9-14-25)15-18(23-19)26-16-10-6-5-7-11-16/h2,5-7,10-11,15H,1,3-4,8-9,12-14H2,(H2,21,22,23,24,27). The average molecular weight is 384 g/mol. The molecule has 1 saturated heterocycles. The van der Waals surface area contributed by atoms with E-state index < -0.39 is 0 Å². The Morgan fingerprint density at radius 1 is 1.15 bits per heavy atom. The molecule has 2 aromatic rings. The fourth-order valence-corrected chi connectivity index (χ4v) is 3.08. The molecule has 142 valence electrons. The van der Waals surface area contributed by atoms with Gasteiger partial charge in [-0.25, -0.2) is 0 Å². The number of ether oxygens (including phenoxy) is 1. The summed E-state index contributed by atoms with van der Waals surface area (Å²) in [5.74, 6) is 2.50. The molecule has 2 heterocycles. The molecule has 0 atom stereocenters. The Morgan fingerprint density at radius 3 is 2.59 bits per heavy atom. The van der Waals surface area contributed by atoms with Crippen molar-refractivity contribution in [2.24, 2.45) is 0 Å². The molecule has 0 saturated carbocycles. The van der Waals surface area contributed by atoms with Crippen LogP contribution in [-0.2, 0) is 0 Å². The van der Waals surface area contributed by atoms with E-state index in [9.17, 15) is 0 Å². The lowest BCUT2D eigenvalue weighted by Gasteiger charge is -2.22. The third-order valence-corrected chi connectivity index (χ3v) is 4.46. The van der Waals surface area contributed by atoms with Crippen LogP contribution in [0.5, 0.6) is 11.6 Å². The number of anilines is 2. The van der Waals surface area contributed by atoms with Gasteiger partial charge < -0.3 is 20.3 Å². The van der Waals surface area contributed by atoms with Gasteiger partial charge in [0.1, 0.15) is 11.6 Å². The van der Waals surface area contributed by atoms with E-state index in [4.69, 9.17) is 17.0 Å². The Bertz CT molecular complexity index is 760. The van der Waals surface area contributed by atoms with Crippen LogP contribution in [0.1, 0.15) is 25.7 Å². The number of nitrogens with one attached hydrogen (secondary N) is 2. The van der Waals surface area contributed by atoms with Crippen LogP contribution in [0.2, 0.25) is 0 Å². The van der Waals surface area contributed by atoms with Gasteiger partial charge in [-0.15, -0.1) is 6.58 Å². The Balaban J connectivity index is 1.84. The largest absolute Gasteiger partial charge is 0.439 e. The lowest BCUT2D eigenvalue weighted by Crippen LogP contribution is -2.30.